The number of aryl methyl sites for hydroxylation is 1. The van der Waals surface area contributed by atoms with Gasteiger partial charge in [-0.2, -0.15) is 0 Å². The molecule has 1 fully saturated rings. The summed E-state index contributed by atoms with van der Waals surface area (Å²) in [6, 6.07) is 5.70. The number of fused-ring (bicyclic) bond motifs is 1. The number of aromatic nitrogens is 2. The van der Waals surface area contributed by atoms with Crippen molar-refractivity contribution in [1.82, 2.24) is 15.3 Å². The molecule has 0 saturated heterocycles. The summed E-state index contributed by atoms with van der Waals surface area (Å²) >= 11 is 0. The van der Waals surface area contributed by atoms with Crippen LogP contribution < -0.4 is 10.6 Å². The lowest BCUT2D eigenvalue weighted by Crippen LogP contribution is -2.29. The summed E-state index contributed by atoms with van der Waals surface area (Å²) < 4.78 is 0. The summed E-state index contributed by atoms with van der Waals surface area (Å²) in [6.07, 6.45) is 2.59. The van der Waals surface area contributed by atoms with Crippen LogP contribution in [-0.2, 0) is 4.79 Å². The van der Waals surface area contributed by atoms with Crippen molar-refractivity contribution in [3.05, 3.63) is 24.0 Å². The monoisotopic (exact) mass is 258 g/mol. The Morgan fingerprint density at radius 1 is 1.47 bits per heavy atom. The molecule has 3 rings (SSSR count). The third-order valence-electron chi connectivity index (χ3n) is 3.30. The van der Waals surface area contributed by atoms with Crippen LogP contribution in [0, 0.1) is 12.8 Å². The van der Waals surface area contributed by atoms with Gasteiger partial charge in [0.2, 0.25) is 5.91 Å². The molecule has 19 heavy (non-hydrogen) atoms. The lowest BCUT2D eigenvalue weighted by Gasteiger charge is -2.06. The molecule has 0 bridgehead atoms. The molecule has 0 radical (unpaired) electrons. The molecule has 5 nitrogen and oxygen atoms in total. The number of carbonyl (C=O) groups is 1. The highest BCUT2D eigenvalue weighted by atomic mass is 16.1. The third-order valence-corrected chi connectivity index (χ3v) is 3.30. The van der Waals surface area contributed by atoms with Gasteiger partial charge >= 0.3 is 0 Å². The molecule has 0 atom stereocenters. The van der Waals surface area contributed by atoms with Crippen molar-refractivity contribution in [3.8, 4) is 0 Å². The second-order valence-corrected chi connectivity index (χ2v) is 5.18. The molecule has 1 aromatic heterocycles. The van der Waals surface area contributed by atoms with Gasteiger partial charge in [-0.15, -0.1) is 0 Å². The zero-order valence-corrected chi connectivity index (χ0v) is 11.0. The van der Waals surface area contributed by atoms with Gasteiger partial charge in [0, 0.05) is 5.69 Å². The van der Waals surface area contributed by atoms with Gasteiger partial charge in [0.1, 0.15) is 5.82 Å². The number of aromatic amines is 1. The Kier molecular flexibility index (Phi) is 3.21. The lowest BCUT2D eigenvalue weighted by molar-refractivity contribution is -0.115. The number of nitrogens with one attached hydrogen (secondary N) is 3. The van der Waals surface area contributed by atoms with Crippen LogP contribution in [0.3, 0.4) is 0 Å². The van der Waals surface area contributed by atoms with Gasteiger partial charge in [-0.1, -0.05) is 0 Å². The van der Waals surface area contributed by atoms with Crippen molar-refractivity contribution in [2.75, 3.05) is 18.4 Å². The average molecular weight is 258 g/mol. The van der Waals surface area contributed by atoms with Crippen LogP contribution in [0.1, 0.15) is 18.7 Å². The maximum atomic E-state index is 11.8. The zero-order valence-electron chi connectivity index (χ0n) is 11.0. The van der Waals surface area contributed by atoms with Crippen molar-refractivity contribution in [2.45, 2.75) is 19.8 Å². The minimum Gasteiger partial charge on any atom is -0.342 e. The molecule has 1 aliphatic rings. The van der Waals surface area contributed by atoms with E-state index >= 15 is 0 Å². The first kappa shape index (κ1) is 12.2. The quantitative estimate of drug-likeness (QED) is 0.766. The van der Waals surface area contributed by atoms with Crippen molar-refractivity contribution >= 4 is 22.6 Å². The van der Waals surface area contributed by atoms with E-state index in [2.05, 4.69) is 20.6 Å². The topological polar surface area (TPSA) is 69.8 Å². The maximum Gasteiger partial charge on any atom is 0.238 e. The van der Waals surface area contributed by atoms with E-state index in [9.17, 15) is 4.79 Å². The van der Waals surface area contributed by atoms with Crippen LogP contribution in [0.25, 0.3) is 11.0 Å². The number of hydrogen-bond donors (Lipinski definition) is 3. The highest BCUT2D eigenvalue weighted by Gasteiger charge is 2.20. The van der Waals surface area contributed by atoms with Crippen molar-refractivity contribution < 1.29 is 4.79 Å². The Balaban J connectivity index is 1.58. The molecule has 5 heteroatoms. The summed E-state index contributed by atoms with van der Waals surface area (Å²) in [5.41, 5.74) is 2.66. The molecule has 1 aromatic carbocycles. The first-order valence-corrected chi connectivity index (χ1v) is 6.67. The van der Waals surface area contributed by atoms with Gasteiger partial charge in [-0.05, 0) is 50.4 Å². The van der Waals surface area contributed by atoms with Crippen LogP contribution in [0.5, 0.6) is 0 Å². The summed E-state index contributed by atoms with van der Waals surface area (Å²) in [5.74, 6) is 1.66. The number of hydrogen-bond acceptors (Lipinski definition) is 3. The lowest BCUT2D eigenvalue weighted by atomic mass is 10.2. The number of nitrogens with zero attached hydrogens (tertiary/aromatic N) is 1. The first-order chi connectivity index (χ1) is 9.20. The predicted molar refractivity (Wildman–Crippen MR) is 75.1 cm³/mol. The molecule has 100 valence electrons. The Bertz CT molecular complexity index is 601. The highest BCUT2D eigenvalue weighted by Crippen LogP contribution is 2.27. The molecule has 0 unspecified atom stereocenters. The van der Waals surface area contributed by atoms with Gasteiger partial charge in [0.05, 0.1) is 17.6 Å². The zero-order chi connectivity index (χ0) is 13.2. The summed E-state index contributed by atoms with van der Waals surface area (Å²) in [5, 5.41) is 6.06. The Morgan fingerprint density at radius 2 is 2.32 bits per heavy atom. The number of H-pyrrole nitrogens is 1. The number of benzene rings is 1. The van der Waals surface area contributed by atoms with E-state index in [1.807, 2.05) is 25.1 Å². The minimum absolute atomic E-state index is 0.00348. The molecular weight excluding hydrogens is 240 g/mol. The van der Waals surface area contributed by atoms with Crippen LogP contribution >= 0.6 is 0 Å². The average Bonchev–Trinajstić information content (AvgIpc) is 3.09. The number of imidazole rings is 1. The number of amides is 1. The van der Waals surface area contributed by atoms with E-state index in [1.165, 1.54) is 12.8 Å². The fourth-order valence-corrected chi connectivity index (χ4v) is 2.13. The fraction of sp³-hybridized carbons (Fsp3) is 0.429. The molecule has 0 spiro atoms. The maximum absolute atomic E-state index is 11.8. The van der Waals surface area contributed by atoms with E-state index in [1.54, 1.807) is 0 Å². The smallest absolute Gasteiger partial charge is 0.238 e. The largest absolute Gasteiger partial charge is 0.342 e. The van der Waals surface area contributed by atoms with Gasteiger partial charge in [0.15, 0.2) is 0 Å². The molecule has 1 aliphatic carbocycles. The third kappa shape index (κ3) is 3.12. The van der Waals surface area contributed by atoms with E-state index in [-0.39, 0.29) is 5.91 Å². The van der Waals surface area contributed by atoms with Crippen molar-refractivity contribution in [1.29, 1.82) is 0 Å². The molecule has 2 aromatic rings. The Hall–Kier alpha value is -1.88. The molecule has 3 N–H and O–H groups in total. The molecule has 1 heterocycles. The molecule has 1 amide bonds. The van der Waals surface area contributed by atoms with E-state index in [4.69, 9.17) is 0 Å². The fourth-order valence-electron chi connectivity index (χ4n) is 2.13. The van der Waals surface area contributed by atoms with Crippen molar-refractivity contribution in [3.63, 3.8) is 0 Å². The Labute approximate surface area is 111 Å². The van der Waals surface area contributed by atoms with E-state index in [0.717, 1.165) is 35.0 Å². The molecule has 0 aliphatic heterocycles. The molecular formula is C14H18N4O. The first-order valence-electron chi connectivity index (χ1n) is 6.67. The second-order valence-electron chi connectivity index (χ2n) is 5.18. The predicted octanol–water partition coefficient (Wildman–Crippen LogP) is 1.81. The number of carbonyl (C=O) groups excluding carboxylic acids is 1. The number of anilines is 1. The van der Waals surface area contributed by atoms with Gasteiger partial charge in [-0.25, -0.2) is 4.98 Å². The van der Waals surface area contributed by atoms with E-state index in [0.29, 0.717) is 6.54 Å². The van der Waals surface area contributed by atoms with Crippen LogP contribution in [0.4, 0.5) is 5.69 Å². The summed E-state index contributed by atoms with van der Waals surface area (Å²) in [4.78, 5) is 19.2. The number of rotatable bonds is 5. The second kappa shape index (κ2) is 5.01. The van der Waals surface area contributed by atoms with Crippen LogP contribution in [0.15, 0.2) is 18.2 Å². The minimum atomic E-state index is -0.00348. The van der Waals surface area contributed by atoms with Crippen molar-refractivity contribution in [2.24, 2.45) is 5.92 Å². The summed E-state index contributed by atoms with van der Waals surface area (Å²) in [6.45, 7) is 3.24. The normalized spacial score (nSPS) is 14.8. The van der Waals surface area contributed by atoms with Crippen LogP contribution in [-0.4, -0.2) is 29.0 Å². The Morgan fingerprint density at radius 3 is 3.11 bits per heavy atom. The van der Waals surface area contributed by atoms with Gasteiger partial charge in [0.25, 0.3) is 0 Å². The summed E-state index contributed by atoms with van der Waals surface area (Å²) in [7, 11) is 0. The molecule has 1 saturated carbocycles. The van der Waals surface area contributed by atoms with Crippen LogP contribution in [0.2, 0.25) is 0 Å². The standard InChI is InChI=1S/C14H18N4O/c1-9-16-12-5-4-11(6-13(12)17-9)18-14(19)8-15-7-10-2-3-10/h4-6,10,15H,2-3,7-8H2,1H3,(H,16,17)(H,18,19). The highest BCUT2D eigenvalue weighted by molar-refractivity contribution is 5.94. The van der Waals surface area contributed by atoms with Gasteiger partial charge in [-0.3, -0.25) is 4.79 Å². The van der Waals surface area contributed by atoms with E-state index < -0.39 is 0 Å². The SMILES string of the molecule is Cc1nc2ccc(NC(=O)CNCC3CC3)cc2[nH]1. The van der Waals surface area contributed by atoms with Gasteiger partial charge < -0.3 is 15.6 Å².